The summed E-state index contributed by atoms with van der Waals surface area (Å²) in [6.45, 7) is 8.56. The van der Waals surface area contributed by atoms with E-state index < -0.39 is 17.5 Å². The minimum absolute atomic E-state index is 0.135. The van der Waals surface area contributed by atoms with Gasteiger partial charge in [0, 0.05) is 0 Å². The van der Waals surface area contributed by atoms with Gasteiger partial charge in [0.15, 0.2) is 0 Å². The zero-order valence-corrected chi connectivity index (χ0v) is 9.29. The maximum absolute atomic E-state index is 5.57. The van der Waals surface area contributed by atoms with Crippen molar-refractivity contribution < 1.29 is 21.1 Å². The van der Waals surface area contributed by atoms with E-state index in [-0.39, 0.29) is 5.60 Å². The van der Waals surface area contributed by atoms with Crippen LogP contribution in [0.2, 0.25) is 5.02 Å². The molecule has 0 rings (SSSR count). The molecule has 0 aliphatic heterocycles. The molecule has 0 N–H and O–H groups in total. The molecule has 0 heterocycles. The van der Waals surface area contributed by atoms with E-state index in [2.05, 4.69) is 27.7 Å². The van der Waals surface area contributed by atoms with Gasteiger partial charge < -0.3 is 0 Å². The van der Waals surface area contributed by atoms with Crippen LogP contribution in [-0.2, 0) is 21.1 Å². The van der Waals surface area contributed by atoms with Gasteiger partial charge in [-0.25, -0.2) is 0 Å². The van der Waals surface area contributed by atoms with E-state index in [1.165, 1.54) is 5.02 Å². The fourth-order valence-corrected chi connectivity index (χ4v) is 2.12. The molecule has 2 heteroatoms. The third kappa shape index (κ3) is 6.58. The van der Waals surface area contributed by atoms with Crippen molar-refractivity contribution in [2.24, 2.45) is 0 Å². The quantitative estimate of drug-likeness (QED) is 0.573. The Kier molecular flexibility index (Phi) is 3.84. The summed E-state index contributed by atoms with van der Waals surface area (Å²) in [6.07, 6.45) is 0. The standard InChI is InChI=1S/C4H9O.C2H5.Zn/c1-4(2,3)5;1-2;/h1-3H3;1H2,2H3;/q-1;;+1. The SMILES string of the molecule is C[CH2][Zn][O]C(C)(C)C. The topological polar surface area (TPSA) is 9.23 Å². The summed E-state index contributed by atoms with van der Waals surface area (Å²) in [5.74, 6) is 0. The molecular weight excluding hydrogens is 153 g/mol. The molecule has 0 aromatic rings. The molecule has 1 nitrogen and oxygen atoms in total. The minimum atomic E-state index is -0.554. The predicted octanol–water partition coefficient (Wildman–Crippen LogP) is 2.24. The third-order valence-electron chi connectivity index (χ3n) is 0.739. The van der Waals surface area contributed by atoms with E-state index in [1.54, 1.807) is 0 Å². The molecular formula is C6H14OZn. The van der Waals surface area contributed by atoms with Crippen LogP contribution in [0.4, 0.5) is 0 Å². The van der Waals surface area contributed by atoms with E-state index >= 15 is 0 Å². The van der Waals surface area contributed by atoms with Gasteiger partial charge in [-0.3, -0.25) is 0 Å². The molecule has 0 radical (unpaired) electrons. The Balaban J connectivity index is 3.11. The van der Waals surface area contributed by atoms with Crippen LogP contribution in [0, 0.1) is 0 Å². The number of hydrogen-bond acceptors (Lipinski definition) is 1. The van der Waals surface area contributed by atoms with Crippen molar-refractivity contribution in [2.45, 2.75) is 38.3 Å². The summed E-state index contributed by atoms with van der Waals surface area (Å²) < 4.78 is 5.57. The molecule has 0 aromatic heterocycles. The monoisotopic (exact) mass is 166 g/mol. The fraction of sp³-hybridized carbons (Fsp3) is 1.00. The second kappa shape index (κ2) is 3.58. The average molecular weight is 168 g/mol. The van der Waals surface area contributed by atoms with Crippen molar-refractivity contribution >= 4 is 0 Å². The maximum atomic E-state index is 5.57. The van der Waals surface area contributed by atoms with E-state index in [9.17, 15) is 0 Å². The van der Waals surface area contributed by atoms with E-state index in [0.717, 1.165) is 0 Å². The Hall–Kier alpha value is 0.583. The van der Waals surface area contributed by atoms with Crippen LogP contribution in [0.3, 0.4) is 0 Å². The van der Waals surface area contributed by atoms with E-state index in [4.69, 9.17) is 3.56 Å². The summed E-state index contributed by atoms with van der Waals surface area (Å²) >= 11 is -0.554. The molecule has 0 saturated carbocycles. The molecule has 0 amide bonds. The van der Waals surface area contributed by atoms with Gasteiger partial charge in [0.1, 0.15) is 0 Å². The molecule has 0 spiro atoms. The van der Waals surface area contributed by atoms with Crippen molar-refractivity contribution in [1.82, 2.24) is 0 Å². The molecule has 0 unspecified atom stereocenters. The molecule has 0 bridgehead atoms. The molecule has 8 heavy (non-hydrogen) atoms. The number of hydrogen-bond donors (Lipinski definition) is 0. The molecule has 46 valence electrons. The Morgan fingerprint density at radius 2 is 1.88 bits per heavy atom. The van der Waals surface area contributed by atoms with Crippen molar-refractivity contribution in [2.75, 3.05) is 0 Å². The molecule has 0 saturated heterocycles. The first kappa shape index (κ1) is 8.58. The van der Waals surface area contributed by atoms with Crippen molar-refractivity contribution in [1.29, 1.82) is 0 Å². The van der Waals surface area contributed by atoms with Gasteiger partial charge in [-0.1, -0.05) is 0 Å². The molecule has 0 atom stereocenters. The molecule has 0 aliphatic carbocycles. The summed E-state index contributed by atoms with van der Waals surface area (Å²) in [5, 5.41) is 1.30. The Bertz CT molecular complexity index is 56.0. The first-order valence-electron chi connectivity index (χ1n) is 3.20. The molecule has 0 fully saturated rings. The van der Waals surface area contributed by atoms with Crippen LogP contribution in [0.25, 0.3) is 0 Å². The van der Waals surface area contributed by atoms with Crippen LogP contribution < -0.4 is 0 Å². The second-order valence-corrected chi connectivity index (χ2v) is 6.52. The summed E-state index contributed by atoms with van der Waals surface area (Å²) in [6, 6.07) is 0. The summed E-state index contributed by atoms with van der Waals surface area (Å²) in [4.78, 5) is 0. The van der Waals surface area contributed by atoms with Crippen LogP contribution in [-0.4, -0.2) is 5.60 Å². The first-order valence-corrected chi connectivity index (χ1v) is 6.51. The summed E-state index contributed by atoms with van der Waals surface area (Å²) in [5.41, 5.74) is 0.135. The van der Waals surface area contributed by atoms with Gasteiger partial charge in [-0.2, -0.15) is 0 Å². The zero-order chi connectivity index (χ0) is 6.62. The van der Waals surface area contributed by atoms with Gasteiger partial charge in [0.25, 0.3) is 0 Å². The van der Waals surface area contributed by atoms with Gasteiger partial charge >= 0.3 is 59.4 Å². The third-order valence-corrected chi connectivity index (χ3v) is 3.84. The fourth-order valence-electron chi connectivity index (χ4n) is 0.408. The zero-order valence-electron chi connectivity index (χ0n) is 6.32. The Morgan fingerprint density at radius 3 is 2.00 bits per heavy atom. The first-order chi connectivity index (χ1) is 3.56. The Labute approximate surface area is 59.8 Å². The van der Waals surface area contributed by atoms with Crippen molar-refractivity contribution in [3.63, 3.8) is 0 Å². The van der Waals surface area contributed by atoms with E-state index in [1.807, 2.05) is 0 Å². The van der Waals surface area contributed by atoms with Crippen LogP contribution in [0.1, 0.15) is 27.7 Å². The van der Waals surface area contributed by atoms with Crippen molar-refractivity contribution in [3.05, 3.63) is 0 Å². The molecule has 0 aliphatic rings. The Morgan fingerprint density at radius 1 is 1.38 bits per heavy atom. The summed E-state index contributed by atoms with van der Waals surface area (Å²) in [7, 11) is 0. The van der Waals surface area contributed by atoms with Gasteiger partial charge in [-0.15, -0.1) is 0 Å². The van der Waals surface area contributed by atoms with Gasteiger partial charge in [0.2, 0.25) is 0 Å². The van der Waals surface area contributed by atoms with Crippen LogP contribution in [0.5, 0.6) is 0 Å². The second-order valence-electron chi connectivity index (χ2n) is 2.96. The van der Waals surface area contributed by atoms with E-state index in [0.29, 0.717) is 0 Å². The van der Waals surface area contributed by atoms with Gasteiger partial charge in [-0.05, 0) is 0 Å². The number of rotatable bonds is 2. The normalized spacial score (nSPS) is 11.0. The van der Waals surface area contributed by atoms with Gasteiger partial charge in [0.05, 0.1) is 0 Å². The molecule has 0 aromatic carbocycles. The average Bonchev–Trinajstić information content (AvgIpc) is 1.59. The van der Waals surface area contributed by atoms with Crippen molar-refractivity contribution in [3.8, 4) is 0 Å². The van der Waals surface area contributed by atoms with Crippen LogP contribution in [0.15, 0.2) is 0 Å². The predicted molar refractivity (Wildman–Crippen MR) is 31.3 cm³/mol. The van der Waals surface area contributed by atoms with Crippen LogP contribution >= 0.6 is 0 Å².